The zero-order chi connectivity index (χ0) is 11.8. The van der Waals surface area contributed by atoms with Crippen LogP contribution in [0.3, 0.4) is 0 Å². The lowest BCUT2D eigenvalue weighted by molar-refractivity contribution is -0.277. The van der Waals surface area contributed by atoms with Crippen molar-refractivity contribution in [3.8, 4) is 34.5 Å². The van der Waals surface area contributed by atoms with Gasteiger partial charge in [-0.05, 0) is 20.6 Å². The molecule has 0 aliphatic heterocycles. The minimum absolute atomic E-state index is 0. The molecule has 0 saturated carbocycles. The molecule has 19 heavy (non-hydrogen) atoms. The lowest BCUT2D eigenvalue weighted by atomic mass is 10.2. The van der Waals surface area contributed by atoms with Crippen LogP contribution in [0.25, 0.3) is 22.8 Å². The molecule has 13 nitrogen and oxygen atoms in total. The summed E-state index contributed by atoms with van der Waals surface area (Å²) in [5.74, 6) is -1.54. The van der Waals surface area contributed by atoms with Crippen LogP contribution in [0.2, 0.25) is 0 Å². The third-order valence-electron chi connectivity index (χ3n) is 1.85. The first-order valence-electron chi connectivity index (χ1n) is 4.10. The molecule has 0 radical (unpaired) electrons. The van der Waals surface area contributed by atoms with Gasteiger partial charge in [0.25, 0.3) is 0 Å². The Bertz CT molecular complexity index is 603. The van der Waals surface area contributed by atoms with Crippen LogP contribution in [0.15, 0.2) is 13.9 Å². The number of rotatable bonds is 2. The molecule has 0 saturated heterocycles. The molecule has 0 aliphatic rings. The Morgan fingerprint density at radius 1 is 0.526 bits per heavy atom. The lowest BCUT2D eigenvalue weighted by Crippen LogP contribution is -1.96. The van der Waals surface area contributed by atoms with Crippen molar-refractivity contribution in [1.82, 2.24) is 43.2 Å². The molecule has 0 atom stereocenters. The number of aromatic nitrogens is 6. The second-order valence-electron chi connectivity index (χ2n) is 2.80. The molecule has 0 bridgehead atoms. The van der Waals surface area contributed by atoms with Crippen molar-refractivity contribution in [2.24, 2.45) is 0 Å². The molecular formula is C6H8N8O5. The Balaban J connectivity index is 0.000000902. The molecule has 0 amide bonds. The molecule has 8 N–H and O–H groups in total. The molecule has 0 fully saturated rings. The molecule has 13 heteroatoms. The topological polar surface area (TPSA) is 236 Å². The van der Waals surface area contributed by atoms with Gasteiger partial charge in [-0.15, -0.1) is 0 Å². The van der Waals surface area contributed by atoms with E-state index in [2.05, 4.69) is 44.8 Å². The van der Waals surface area contributed by atoms with E-state index in [1.807, 2.05) is 0 Å². The van der Waals surface area contributed by atoms with Crippen molar-refractivity contribution < 1.29 is 24.1 Å². The Morgan fingerprint density at radius 3 is 1.16 bits per heavy atom. The summed E-state index contributed by atoms with van der Waals surface area (Å²) in [7, 11) is 0. The zero-order valence-corrected chi connectivity index (χ0v) is 9.72. The summed E-state index contributed by atoms with van der Waals surface area (Å²) in [5, 5.41) is 41.9. The Morgan fingerprint density at radius 2 is 0.842 bits per heavy atom. The first-order chi connectivity index (χ1) is 8.27. The normalized spacial score (nSPS) is 9.68. The van der Waals surface area contributed by atoms with Crippen LogP contribution in [0.1, 0.15) is 0 Å². The van der Waals surface area contributed by atoms with Gasteiger partial charge in [0.1, 0.15) is 0 Å². The summed E-state index contributed by atoms with van der Waals surface area (Å²) in [6, 6.07) is 0. The number of hydrogen-bond donors (Lipinski definition) is 2. The van der Waals surface area contributed by atoms with E-state index in [0.717, 1.165) is 0 Å². The van der Waals surface area contributed by atoms with Gasteiger partial charge in [-0.1, -0.05) is 10.3 Å². The minimum Gasteiger partial charge on any atom is -0.855 e. The summed E-state index contributed by atoms with van der Waals surface area (Å²) < 4.78 is 12.8. The molecule has 3 aromatic rings. The van der Waals surface area contributed by atoms with E-state index in [9.17, 15) is 10.2 Å². The fourth-order valence-electron chi connectivity index (χ4n) is 1.15. The smallest absolute Gasteiger partial charge is 0.167 e. The second kappa shape index (κ2) is 5.07. The second-order valence-corrected chi connectivity index (χ2v) is 2.80. The van der Waals surface area contributed by atoms with E-state index in [0.29, 0.717) is 0 Å². The Hall–Kier alpha value is -3.06. The van der Waals surface area contributed by atoms with Crippen LogP contribution in [-0.4, -0.2) is 30.9 Å². The first kappa shape index (κ1) is 14.0. The van der Waals surface area contributed by atoms with Gasteiger partial charge in [-0.25, -0.2) is 13.9 Å². The minimum atomic E-state index is -0.772. The average Bonchev–Trinajstić information content (AvgIpc) is 2.97. The highest BCUT2D eigenvalue weighted by Gasteiger charge is 2.21. The van der Waals surface area contributed by atoms with Crippen LogP contribution in [0.5, 0.6) is 11.8 Å². The van der Waals surface area contributed by atoms with E-state index >= 15 is 0 Å². The van der Waals surface area contributed by atoms with Gasteiger partial charge in [-0.3, -0.25) is 0 Å². The van der Waals surface area contributed by atoms with Gasteiger partial charge in [0.2, 0.25) is 0 Å². The fourth-order valence-corrected chi connectivity index (χ4v) is 1.15. The van der Waals surface area contributed by atoms with Crippen LogP contribution in [0, 0.1) is 0 Å². The maximum Gasteiger partial charge on any atom is 0.167 e. The number of nitrogens with zero attached hydrogens (tertiary/aromatic N) is 6. The summed E-state index contributed by atoms with van der Waals surface area (Å²) in [6.07, 6.45) is 0. The van der Waals surface area contributed by atoms with Crippen molar-refractivity contribution in [2.75, 3.05) is 0 Å². The highest BCUT2D eigenvalue weighted by Crippen LogP contribution is 2.32. The summed E-state index contributed by atoms with van der Waals surface area (Å²) in [6.45, 7) is 0. The molecule has 102 valence electrons. The van der Waals surface area contributed by atoms with Gasteiger partial charge in [0.05, 0.1) is 11.8 Å². The van der Waals surface area contributed by atoms with Crippen LogP contribution < -0.4 is 22.5 Å². The third-order valence-corrected chi connectivity index (χ3v) is 1.85. The van der Waals surface area contributed by atoms with Gasteiger partial charge >= 0.3 is 0 Å². The van der Waals surface area contributed by atoms with Gasteiger partial charge in [0, 0.05) is 0 Å². The Kier molecular flexibility index (Phi) is 3.73. The molecular weight excluding hydrogens is 264 g/mol. The van der Waals surface area contributed by atoms with Gasteiger partial charge in [0.15, 0.2) is 22.8 Å². The fraction of sp³-hybridized carbons (Fsp3) is 0. The summed E-state index contributed by atoms with van der Waals surface area (Å²) in [4.78, 5) is 0. The van der Waals surface area contributed by atoms with Gasteiger partial charge < -0.3 is 22.5 Å². The van der Waals surface area contributed by atoms with Crippen molar-refractivity contribution in [1.29, 1.82) is 0 Å². The molecule has 3 heterocycles. The maximum absolute atomic E-state index is 11.2. The van der Waals surface area contributed by atoms with E-state index < -0.39 is 11.8 Å². The molecule has 0 aliphatic carbocycles. The average molecular weight is 272 g/mol. The highest BCUT2D eigenvalue weighted by atomic mass is 16.6. The molecule has 3 aromatic heterocycles. The molecule has 3 rings (SSSR count). The van der Waals surface area contributed by atoms with Crippen molar-refractivity contribution in [3.63, 3.8) is 0 Å². The van der Waals surface area contributed by atoms with Crippen molar-refractivity contribution in [2.45, 2.75) is 0 Å². The van der Waals surface area contributed by atoms with E-state index in [1.54, 1.807) is 0 Å². The Labute approximate surface area is 103 Å². The molecule has 0 aromatic carbocycles. The van der Waals surface area contributed by atoms with Crippen LogP contribution >= 0.6 is 0 Å². The van der Waals surface area contributed by atoms with E-state index in [-0.39, 0.29) is 35.1 Å². The quantitative estimate of drug-likeness (QED) is 0.577. The number of hydrogen-bond acceptors (Lipinski definition) is 11. The van der Waals surface area contributed by atoms with Crippen molar-refractivity contribution in [3.05, 3.63) is 0 Å². The SMILES string of the molecule is [NH4+].[NH4+].[O-]c1nonc1-c1nonc1-c1nonc1[O-]. The largest absolute Gasteiger partial charge is 0.855 e. The van der Waals surface area contributed by atoms with Crippen LogP contribution in [0.4, 0.5) is 0 Å². The predicted molar refractivity (Wildman–Crippen MR) is 51.7 cm³/mol. The lowest BCUT2D eigenvalue weighted by Gasteiger charge is -1.99. The van der Waals surface area contributed by atoms with E-state index in [4.69, 9.17) is 0 Å². The summed E-state index contributed by atoms with van der Waals surface area (Å²) in [5.41, 5.74) is -0.736. The monoisotopic (exact) mass is 272 g/mol. The number of quaternary nitrogens is 2. The van der Waals surface area contributed by atoms with Gasteiger partial charge in [-0.2, -0.15) is 0 Å². The highest BCUT2D eigenvalue weighted by molar-refractivity contribution is 5.76. The zero-order valence-electron chi connectivity index (χ0n) is 9.72. The van der Waals surface area contributed by atoms with E-state index in [1.165, 1.54) is 0 Å². The standard InChI is InChI=1S/C6H2N6O5.2H3N/c13-5-3(9-16-11-5)1-2(8-15-7-1)4-6(14)12-17-10-4;;/h(H,11,13)(H,12,14);2*1H3. The van der Waals surface area contributed by atoms with Crippen molar-refractivity contribution >= 4 is 0 Å². The summed E-state index contributed by atoms with van der Waals surface area (Å²) >= 11 is 0. The molecule has 0 unspecified atom stereocenters. The third kappa shape index (κ3) is 2.05. The molecule has 0 spiro atoms. The van der Waals surface area contributed by atoms with Crippen LogP contribution in [-0.2, 0) is 0 Å². The predicted octanol–water partition coefficient (Wildman–Crippen LogP) is -0.931. The maximum atomic E-state index is 11.2. The first-order valence-corrected chi connectivity index (χ1v) is 4.10.